The summed E-state index contributed by atoms with van der Waals surface area (Å²) in [5, 5.41) is 0. The summed E-state index contributed by atoms with van der Waals surface area (Å²) in [6.45, 7) is 0. The van der Waals surface area contributed by atoms with Crippen LogP contribution < -0.4 is 0 Å². The molecule has 0 aliphatic heterocycles. The predicted molar refractivity (Wildman–Crippen MR) is 76.9 cm³/mol. The summed E-state index contributed by atoms with van der Waals surface area (Å²) in [6, 6.07) is 20.0. The average Bonchev–Trinajstić information content (AvgIpc) is 2.30. The summed E-state index contributed by atoms with van der Waals surface area (Å²) in [7, 11) is 0. The predicted octanol–water partition coefficient (Wildman–Crippen LogP) is 5.15. The van der Waals surface area contributed by atoms with Crippen LogP contribution in [0.3, 0.4) is 0 Å². The van der Waals surface area contributed by atoms with E-state index in [1.165, 1.54) is 11.8 Å². The van der Waals surface area contributed by atoms with Crippen LogP contribution in [-0.2, 0) is 6.42 Å². The number of benzene rings is 2. The zero-order valence-electron chi connectivity index (χ0n) is 9.14. The number of alkyl halides is 2. The maximum absolute atomic E-state index is 6.33. The lowest BCUT2D eigenvalue weighted by molar-refractivity contribution is 1.03. The Balaban J connectivity index is 2.04. The van der Waals surface area contributed by atoms with E-state index in [9.17, 15) is 0 Å². The minimum Gasteiger partial charge on any atom is -0.0887 e. The molecule has 2 rings (SSSR count). The second kappa shape index (κ2) is 5.81. The maximum atomic E-state index is 6.33. The highest BCUT2D eigenvalue weighted by molar-refractivity contribution is 8.03. The second-order valence-electron chi connectivity index (χ2n) is 3.71. The van der Waals surface area contributed by atoms with Crippen molar-refractivity contribution in [3.8, 4) is 0 Å². The van der Waals surface area contributed by atoms with Crippen molar-refractivity contribution in [2.24, 2.45) is 0 Å². The molecule has 0 saturated carbocycles. The first kappa shape index (κ1) is 12.8. The van der Waals surface area contributed by atoms with Crippen molar-refractivity contribution in [2.45, 2.75) is 15.0 Å². The van der Waals surface area contributed by atoms with Crippen LogP contribution in [0, 0.1) is 0 Å². The van der Waals surface area contributed by atoms with Gasteiger partial charge in [0.1, 0.15) is 0 Å². The van der Waals surface area contributed by atoms with Crippen molar-refractivity contribution in [2.75, 3.05) is 0 Å². The van der Waals surface area contributed by atoms with E-state index in [0.717, 1.165) is 10.5 Å². The topological polar surface area (TPSA) is 0 Å². The quantitative estimate of drug-likeness (QED) is 0.552. The van der Waals surface area contributed by atoms with Gasteiger partial charge in [0.15, 0.2) is 3.67 Å². The molecule has 0 radical (unpaired) electrons. The molecule has 17 heavy (non-hydrogen) atoms. The van der Waals surface area contributed by atoms with E-state index in [2.05, 4.69) is 0 Å². The van der Waals surface area contributed by atoms with Crippen LogP contribution in [0.1, 0.15) is 5.56 Å². The van der Waals surface area contributed by atoms with E-state index in [-0.39, 0.29) is 0 Å². The molecule has 0 amide bonds. The number of hydrogen-bond acceptors (Lipinski definition) is 1. The molecule has 2 aromatic carbocycles. The Hall–Kier alpha value is -0.630. The van der Waals surface area contributed by atoms with Gasteiger partial charge in [-0.25, -0.2) is 0 Å². The SMILES string of the molecule is ClC(Cl)(Cc1ccccc1)Sc1ccccc1. The maximum Gasteiger partial charge on any atom is 0.171 e. The molecule has 0 N–H and O–H groups in total. The highest BCUT2D eigenvalue weighted by Crippen LogP contribution is 2.42. The van der Waals surface area contributed by atoms with Gasteiger partial charge in [-0.2, -0.15) is 0 Å². The van der Waals surface area contributed by atoms with E-state index >= 15 is 0 Å². The van der Waals surface area contributed by atoms with E-state index in [1.807, 2.05) is 60.7 Å². The molecule has 3 heteroatoms. The summed E-state index contributed by atoms with van der Waals surface area (Å²) in [5.41, 5.74) is 1.14. The molecular formula is C14H12Cl2S. The van der Waals surface area contributed by atoms with Crippen LogP contribution in [0.2, 0.25) is 0 Å². The lowest BCUT2D eigenvalue weighted by atomic mass is 10.2. The molecule has 0 unspecified atom stereocenters. The number of hydrogen-bond donors (Lipinski definition) is 0. The Labute approximate surface area is 116 Å². The fraction of sp³-hybridized carbons (Fsp3) is 0.143. The lowest BCUT2D eigenvalue weighted by Gasteiger charge is -2.18. The van der Waals surface area contributed by atoms with Gasteiger partial charge in [-0.05, 0) is 17.7 Å². The minimum absolute atomic E-state index is 0.622. The third-order valence-corrected chi connectivity index (χ3v) is 3.94. The molecular weight excluding hydrogens is 271 g/mol. The minimum atomic E-state index is -0.831. The second-order valence-corrected chi connectivity index (χ2v) is 7.02. The van der Waals surface area contributed by atoms with Crippen molar-refractivity contribution in [1.82, 2.24) is 0 Å². The number of rotatable bonds is 4. The largest absolute Gasteiger partial charge is 0.171 e. The van der Waals surface area contributed by atoms with Crippen molar-refractivity contribution in [1.29, 1.82) is 0 Å². The van der Waals surface area contributed by atoms with E-state index < -0.39 is 3.67 Å². The van der Waals surface area contributed by atoms with E-state index in [1.54, 1.807) is 0 Å². The van der Waals surface area contributed by atoms with Gasteiger partial charge in [-0.1, -0.05) is 83.5 Å². The van der Waals surface area contributed by atoms with Crippen LogP contribution in [0.15, 0.2) is 65.6 Å². The van der Waals surface area contributed by atoms with Crippen molar-refractivity contribution >= 4 is 35.0 Å². The average molecular weight is 283 g/mol. The highest BCUT2D eigenvalue weighted by Gasteiger charge is 2.25. The Morgan fingerprint density at radius 1 is 0.824 bits per heavy atom. The molecule has 0 spiro atoms. The Morgan fingerprint density at radius 2 is 1.35 bits per heavy atom. The van der Waals surface area contributed by atoms with Gasteiger partial charge in [0.2, 0.25) is 0 Å². The molecule has 0 aliphatic carbocycles. The third kappa shape index (κ3) is 4.27. The monoisotopic (exact) mass is 282 g/mol. The fourth-order valence-corrected chi connectivity index (χ4v) is 3.25. The molecule has 0 heterocycles. The van der Waals surface area contributed by atoms with Gasteiger partial charge >= 0.3 is 0 Å². The highest BCUT2D eigenvalue weighted by atomic mass is 35.5. The first-order valence-corrected chi connectivity index (χ1v) is 6.89. The van der Waals surface area contributed by atoms with Gasteiger partial charge in [-0.15, -0.1) is 0 Å². The van der Waals surface area contributed by atoms with E-state index in [4.69, 9.17) is 23.2 Å². The summed E-state index contributed by atoms with van der Waals surface area (Å²) in [6.07, 6.45) is 0.622. The van der Waals surface area contributed by atoms with Crippen molar-refractivity contribution in [3.63, 3.8) is 0 Å². The summed E-state index contributed by atoms with van der Waals surface area (Å²) < 4.78 is -0.831. The normalized spacial score (nSPS) is 11.4. The first-order valence-electron chi connectivity index (χ1n) is 5.31. The first-order chi connectivity index (χ1) is 8.16. The zero-order chi connectivity index (χ0) is 12.1. The molecule has 0 bridgehead atoms. The summed E-state index contributed by atoms with van der Waals surface area (Å²) in [5.74, 6) is 0. The lowest BCUT2D eigenvalue weighted by Crippen LogP contribution is -2.10. The molecule has 0 nitrogen and oxygen atoms in total. The molecule has 0 aromatic heterocycles. The molecule has 88 valence electrons. The van der Waals surface area contributed by atoms with Gasteiger partial charge < -0.3 is 0 Å². The van der Waals surface area contributed by atoms with Gasteiger partial charge in [0.05, 0.1) is 0 Å². The molecule has 0 saturated heterocycles. The van der Waals surface area contributed by atoms with Gasteiger partial charge in [-0.3, -0.25) is 0 Å². The van der Waals surface area contributed by atoms with Crippen LogP contribution in [0.25, 0.3) is 0 Å². The van der Waals surface area contributed by atoms with Crippen LogP contribution in [-0.4, -0.2) is 3.67 Å². The molecule has 2 aromatic rings. The summed E-state index contributed by atoms with van der Waals surface area (Å²) >= 11 is 14.1. The Bertz CT molecular complexity index is 411. The Kier molecular flexibility index (Phi) is 4.38. The fourth-order valence-electron chi connectivity index (χ4n) is 1.53. The van der Waals surface area contributed by atoms with Gasteiger partial charge in [0, 0.05) is 11.3 Å². The van der Waals surface area contributed by atoms with Gasteiger partial charge in [0.25, 0.3) is 0 Å². The Morgan fingerprint density at radius 3 is 1.94 bits per heavy atom. The standard InChI is InChI=1S/C14H12Cl2S/c15-14(16,11-12-7-3-1-4-8-12)17-13-9-5-2-6-10-13/h1-10H,11H2. The van der Waals surface area contributed by atoms with E-state index in [0.29, 0.717) is 6.42 Å². The van der Waals surface area contributed by atoms with Crippen LogP contribution in [0.4, 0.5) is 0 Å². The molecule has 0 atom stereocenters. The zero-order valence-corrected chi connectivity index (χ0v) is 11.5. The van der Waals surface area contributed by atoms with Crippen molar-refractivity contribution in [3.05, 3.63) is 66.2 Å². The summed E-state index contributed by atoms with van der Waals surface area (Å²) in [4.78, 5) is 1.08. The third-order valence-electron chi connectivity index (χ3n) is 2.26. The smallest absolute Gasteiger partial charge is 0.0887 e. The molecule has 0 fully saturated rings. The van der Waals surface area contributed by atoms with Crippen molar-refractivity contribution < 1.29 is 0 Å². The molecule has 0 aliphatic rings. The number of thioether (sulfide) groups is 1. The van der Waals surface area contributed by atoms with Crippen LogP contribution in [0.5, 0.6) is 0 Å². The number of halogens is 2. The van der Waals surface area contributed by atoms with Crippen LogP contribution >= 0.6 is 35.0 Å².